The molecule has 3 rings (SSSR count). The van der Waals surface area contributed by atoms with Crippen molar-refractivity contribution in [1.29, 1.82) is 5.26 Å². The van der Waals surface area contributed by atoms with E-state index in [2.05, 4.69) is 36.2 Å². The highest BCUT2D eigenvalue weighted by Gasteiger charge is 2.24. The number of benzene rings is 1. The third-order valence-electron chi connectivity index (χ3n) is 3.28. The number of pyridine rings is 1. The molecule has 2 N–H and O–H groups in total. The van der Waals surface area contributed by atoms with E-state index in [-0.39, 0.29) is 5.82 Å². The molecule has 0 fully saturated rings. The monoisotopic (exact) mass is 383 g/mol. The highest BCUT2D eigenvalue weighted by Crippen LogP contribution is 2.18. The summed E-state index contributed by atoms with van der Waals surface area (Å²) in [6.45, 7) is 0. The Morgan fingerprint density at radius 1 is 1.38 bits per heavy atom. The van der Waals surface area contributed by atoms with Crippen molar-refractivity contribution in [3.05, 3.63) is 63.4 Å². The molecule has 0 saturated carbocycles. The summed E-state index contributed by atoms with van der Waals surface area (Å²) >= 11 is 3.29. The minimum absolute atomic E-state index is 0.00119. The first kappa shape index (κ1) is 15.8. The predicted octanol–water partition coefficient (Wildman–Crippen LogP) is 2.33. The van der Waals surface area contributed by atoms with Gasteiger partial charge in [-0.1, -0.05) is 15.9 Å². The van der Waals surface area contributed by atoms with E-state index in [0.717, 1.165) is 4.47 Å². The van der Waals surface area contributed by atoms with Gasteiger partial charge in [0.25, 0.3) is 5.56 Å². The Hall–Kier alpha value is -3.05. The molecular formula is C16H10BrN5O2. The SMILES string of the molecule is N#CC(C(=O)Nc1cccnc1)c1nc2ccc(Br)cc2c(=O)[nH]1. The molecule has 0 saturated heterocycles. The molecule has 1 amide bonds. The Kier molecular flexibility index (Phi) is 4.35. The van der Waals surface area contributed by atoms with Gasteiger partial charge in [0.15, 0.2) is 5.92 Å². The lowest BCUT2D eigenvalue weighted by atomic mass is 10.1. The van der Waals surface area contributed by atoms with Gasteiger partial charge in [-0.25, -0.2) is 4.98 Å². The van der Waals surface area contributed by atoms with E-state index >= 15 is 0 Å². The Labute approximate surface area is 144 Å². The Bertz CT molecular complexity index is 1010. The number of aromatic nitrogens is 3. The normalized spacial score (nSPS) is 11.7. The molecule has 0 spiro atoms. The van der Waals surface area contributed by atoms with Crippen LogP contribution in [0.25, 0.3) is 10.9 Å². The predicted molar refractivity (Wildman–Crippen MR) is 91.3 cm³/mol. The van der Waals surface area contributed by atoms with Crippen LogP contribution in [0.2, 0.25) is 0 Å². The van der Waals surface area contributed by atoms with Crippen molar-refractivity contribution in [1.82, 2.24) is 15.0 Å². The second kappa shape index (κ2) is 6.60. The van der Waals surface area contributed by atoms with Crippen LogP contribution in [0, 0.1) is 11.3 Å². The quantitative estimate of drug-likeness (QED) is 0.720. The van der Waals surface area contributed by atoms with Crippen LogP contribution in [0.1, 0.15) is 11.7 Å². The lowest BCUT2D eigenvalue weighted by Crippen LogP contribution is -2.24. The number of anilines is 1. The van der Waals surface area contributed by atoms with E-state index in [1.165, 1.54) is 6.20 Å². The van der Waals surface area contributed by atoms with Crippen molar-refractivity contribution in [3.63, 3.8) is 0 Å². The number of carbonyl (C=O) groups is 1. The van der Waals surface area contributed by atoms with Crippen molar-refractivity contribution >= 4 is 38.4 Å². The van der Waals surface area contributed by atoms with Crippen molar-refractivity contribution in [2.24, 2.45) is 0 Å². The summed E-state index contributed by atoms with van der Waals surface area (Å²) in [5.74, 6) is -1.84. The Balaban J connectivity index is 1.98. The molecule has 0 radical (unpaired) electrons. The number of carbonyl (C=O) groups excluding carboxylic acids is 1. The molecule has 7 nitrogen and oxygen atoms in total. The van der Waals surface area contributed by atoms with Crippen LogP contribution in [0.15, 0.2) is 52.0 Å². The van der Waals surface area contributed by atoms with Crippen molar-refractivity contribution in [2.45, 2.75) is 5.92 Å². The van der Waals surface area contributed by atoms with E-state index in [4.69, 9.17) is 0 Å². The maximum atomic E-state index is 12.3. The van der Waals surface area contributed by atoms with Crippen molar-refractivity contribution in [2.75, 3.05) is 5.32 Å². The molecule has 3 aromatic rings. The fraction of sp³-hybridized carbons (Fsp3) is 0.0625. The number of halogens is 1. The molecule has 2 heterocycles. The molecular weight excluding hydrogens is 374 g/mol. The zero-order chi connectivity index (χ0) is 17.1. The summed E-state index contributed by atoms with van der Waals surface area (Å²) in [6.07, 6.45) is 3.03. The molecule has 1 atom stereocenters. The first-order valence-electron chi connectivity index (χ1n) is 6.88. The number of nitrogens with one attached hydrogen (secondary N) is 2. The fourth-order valence-corrected chi connectivity index (χ4v) is 2.52. The van der Waals surface area contributed by atoms with Gasteiger partial charge < -0.3 is 10.3 Å². The van der Waals surface area contributed by atoms with Gasteiger partial charge in [-0.05, 0) is 30.3 Å². The summed E-state index contributed by atoms with van der Waals surface area (Å²) in [5, 5.41) is 12.3. The standard InChI is InChI=1S/C16H10BrN5O2/c17-9-3-4-13-11(6-9)15(23)22-14(21-13)12(7-18)16(24)20-10-2-1-5-19-8-10/h1-6,8,12H,(H,20,24)(H,21,22,23). The average Bonchev–Trinajstić information content (AvgIpc) is 2.57. The molecule has 0 aliphatic rings. The van der Waals surface area contributed by atoms with Crippen LogP contribution in [0.3, 0.4) is 0 Å². The van der Waals surface area contributed by atoms with Gasteiger partial charge in [-0.15, -0.1) is 0 Å². The van der Waals surface area contributed by atoms with Crippen molar-refractivity contribution in [3.8, 4) is 6.07 Å². The molecule has 1 unspecified atom stereocenters. The largest absolute Gasteiger partial charge is 0.323 e. The molecule has 0 bridgehead atoms. The second-order valence-electron chi connectivity index (χ2n) is 4.91. The van der Waals surface area contributed by atoms with Crippen LogP contribution >= 0.6 is 15.9 Å². The van der Waals surface area contributed by atoms with E-state index in [9.17, 15) is 14.9 Å². The van der Waals surface area contributed by atoms with Gasteiger partial charge >= 0.3 is 0 Å². The number of amides is 1. The number of hydrogen-bond acceptors (Lipinski definition) is 5. The van der Waals surface area contributed by atoms with Gasteiger partial charge in [-0.2, -0.15) is 5.26 Å². The maximum absolute atomic E-state index is 12.3. The summed E-state index contributed by atoms with van der Waals surface area (Å²) in [7, 11) is 0. The highest BCUT2D eigenvalue weighted by atomic mass is 79.9. The summed E-state index contributed by atoms with van der Waals surface area (Å²) in [5.41, 5.74) is 0.451. The van der Waals surface area contributed by atoms with Crippen molar-refractivity contribution < 1.29 is 4.79 Å². The van der Waals surface area contributed by atoms with Gasteiger partial charge in [0, 0.05) is 10.7 Å². The smallest absolute Gasteiger partial charge is 0.258 e. The lowest BCUT2D eigenvalue weighted by molar-refractivity contribution is -0.116. The fourth-order valence-electron chi connectivity index (χ4n) is 2.16. The molecule has 0 aliphatic carbocycles. The van der Waals surface area contributed by atoms with Gasteiger partial charge in [0.05, 0.1) is 28.9 Å². The minimum atomic E-state index is -1.24. The van der Waals surface area contributed by atoms with Crippen LogP contribution in [-0.2, 0) is 4.79 Å². The number of rotatable bonds is 3. The van der Waals surface area contributed by atoms with E-state index in [1.807, 2.05) is 6.07 Å². The van der Waals surface area contributed by atoms with Gasteiger partial charge in [0.2, 0.25) is 5.91 Å². The van der Waals surface area contributed by atoms with Crippen LogP contribution in [0.4, 0.5) is 5.69 Å². The number of fused-ring (bicyclic) bond motifs is 1. The van der Waals surface area contributed by atoms with Gasteiger partial charge in [0.1, 0.15) is 5.82 Å². The first-order valence-corrected chi connectivity index (χ1v) is 7.68. The summed E-state index contributed by atoms with van der Waals surface area (Å²) < 4.78 is 0.737. The van der Waals surface area contributed by atoms with Crippen LogP contribution < -0.4 is 10.9 Å². The molecule has 0 aliphatic heterocycles. The van der Waals surface area contributed by atoms with E-state index in [0.29, 0.717) is 16.6 Å². The molecule has 118 valence electrons. The second-order valence-corrected chi connectivity index (χ2v) is 5.82. The molecule has 2 aromatic heterocycles. The Morgan fingerprint density at radius 2 is 2.21 bits per heavy atom. The third kappa shape index (κ3) is 3.16. The maximum Gasteiger partial charge on any atom is 0.258 e. The third-order valence-corrected chi connectivity index (χ3v) is 3.77. The topological polar surface area (TPSA) is 112 Å². The van der Waals surface area contributed by atoms with E-state index in [1.54, 1.807) is 36.5 Å². The van der Waals surface area contributed by atoms with Crippen LogP contribution in [0.5, 0.6) is 0 Å². The number of nitriles is 1. The first-order chi connectivity index (χ1) is 11.6. The Morgan fingerprint density at radius 3 is 2.92 bits per heavy atom. The lowest BCUT2D eigenvalue weighted by Gasteiger charge is -2.10. The zero-order valence-corrected chi connectivity index (χ0v) is 13.7. The van der Waals surface area contributed by atoms with Gasteiger partial charge in [-0.3, -0.25) is 14.6 Å². The minimum Gasteiger partial charge on any atom is -0.323 e. The summed E-state index contributed by atoms with van der Waals surface area (Å²) in [4.78, 5) is 35.1. The van der Waals surface area contributed by atoms with E-state index < -0.39 is 17.4 Å². The summed E-state index contributed by atoms with van der Waals surface area (Å²) in [6, 6.07) is 10.2. The molecule has 24 heavy (non-hydrogen) atoms. The highest BCUT2D eigenvalue weighted by molar-refractivity contribution is 9.10. The molecule has 8 heteroatoms. The average molecular weight is 384 g/mol. The number of hydrogen-bond donors (Lipinski definition) is 2. The number of H-pyrrole nitrogens is 1. The zero-order valence-electron chi connectivity index (χ0n) is 12.2. The number of aromatic amines is 1. The number of nitrogens with zero attached hydrogens (tertiary/aromatic N) is 3. The molecule has 1 aromatic carbocycles. The van der Waals surface area contributed by atoms with Crippen LogP contribution in [-0.4, -0.2) is 20.9 Å².